The largest absolute Gasteiger partial charge is 0.477 e. The minimum absolute atomic E-state index is 0.518. The number of aryl methyl sites for hydroxylation is 1. The number of hydrogen-bond donors (Lipinski definition) is 1. The first-order valence-electron chi connectivity index (χ1n) is 7.31. The Balaban J connectivity index is 1.78. The zero-order valence-corrected chi connectivity index (χ0v) is 13.1. The summed E-state index contributed by atoms with van der Waals surface area (Å²) in [4.78, 5) is 4.28. The van der Waals surface area contributed by atoms with Crippen molar-refractivity contribution >= 4 is 11.6 Å². The molecule has 0 atom stereocenters. The van der Waals surface area contributed by atoms with Gasteiger partial charge in [-0.1, -0.05) is 48.9 Å². The number of nitrogens with zero attached hydrogens (tertiary/aromatic N) is 1. The lowest BCUT2D eigenvalue weighted by Gasteiger charge is -2.09. The summed E-state index contributed by atoms with van der Waals surface area (Å²) in [7, 11) is 0. The van der Waals surface area contributed by atoms with E-state index in [-0.39, 0.29) is 0 Å². The van der Waals surface area contributed by atoms with Gasteiger partial charge in [0, 0.05) is 12.7 Å². The second-order valence-corrected chi connectivity index (χ2v) is 5.26. The molecule has 0 saturated heterocycles. The Morgan fingerprint density at radius 3 is 2.71 bits per heavy atom. The van der Waals surface area contributed by atoms with Crippen LogP contribution < -0.4 is 10.1 Å². The molecule has 0 bridgehead atoms. The lowest BCUT2D eigenvalue weighted by Crippen LogP contribution is -2.12. The van der Waals surface area contributed by atoms with E-state index < -0.39 is 0 Å². The molecular formula is C17H21ClN2O. The zero-order valence-electron chi connectivity index (χ0n) is 12.3. The molecular weight excluding hydrogens is 284 g/mol. The van der Waals surface area contributed by atoms with E-state index >= 15 is 0 Å². The van der Waals surface area contributed by atoms with Gasteiger partial charge in [0.05, 0.1) is 6.61 Å². The van der Waals surface area contributed by atoms with Crippen molar-refractivity contribution in [3.63, 3.8) is 0 Å². The van der Waals surface area contributed by atoms with E-state index in [0.717, 1.165) is 31.5 Å². The van der Waals surface area contributed by atoms with Crippen LogP contribution in [0, 0.1) is 0 Å². The molecule has 1 aromatic carbocycles. The van der Waals surface area contributed by atoms with Crippen LogP contribution in [-0.2, 0) is 13.0 Å². The molecule has 1 aromatic heterocycles. The normalized spacial score (nSPS) is 10.6. The van der Waals surface area contributed by atoms with Crippen LogP contribution in [0.2, 0.25) is 5.02 Å². The van der Waals surface area contributed by atoms with Crippen molar-refractivity contribution in [3.05, 3.63) is 58.7 Å². The molecule has 0 fully saturated rings. The average Bonchev–Trinajstić information content (AvgIpc) is 2.52. The molecule has 0 spiro atoms. The molecule has 0 aliphatic heterocycles. The van der Waals surface area contributed by atoms with Gasteiger partial charge in [-0.15, -0.1) is 0 Å². The van der Waals surface area contributed by atoms with Gasteiger partial charge in [0.15, 0.2) is 0 Å². The van der Waals surface area contributed by atoms with Crippen LogP contribution in [0.1, 0.15) is 24.5 Å². The maximum absolute atomic E-state index is 6.19. The Labute approximate surface area is 131 Å². The first-order valence-corrected chi connectivity index (χ1v) is 7.69. The highest BCUT2D eigenvalue weighted by molar-refractivity contribution is 6.31. The minimum atomic E-state index is 0.518. The fraction of sp³-hybridized carbons (Fsp3) is 0.353. The summed E-state index contributed by atoms with van der Waals surface area (Å²) in [6.07, 6.45) is 3.75. The number of pyridine rings is 1. The van der Waals surface area contributed by atoms with E-state index in [4.69, 9.17) is 16.3 Å². The van der Waals surface area contributed by atoms with Gasteiger partial charge in [-0.25, -0.2) is 4.98 Å². The van der Waals surface area contributed by atoms with Crippen LogP contribution in [0.3, 0.4) is 0 Å². The lowest BCUT2D eigenvalue weighted by atomic mass is 10.1. The number of ether oxygens (including phenoxy) is 1. The molecule has 1 heterocycles. The van der Waals surface area contributed by atoms with Gasteiger partial charge in [0.25, 0.3) is 0 Å². The highest BCUT2D eigenvalue weighted by atomic mass is 35.5. The molecule has 3 nitrogen and oxygen atoms in total. The van der Waals surface area contributed by atoms with Gasteiger partial charge in [-0.2, -0.15) is 0 Å². The molecule has 2 rings (SSSR count). The van der Waals surface area contributed by atoms with Crippen LogP contribution in [0.4, 0.5) is 0 Å². The second kappa shape index (κ2) is 8.65. The third-order valence-electron chi connectivity index (χ3n) is 3.13. The van der Waals surface area contributed by atoms with E-state index in [1.165, 1.54) is 5.56 Å². The van der Waals surface area contributed by atoms with Crippen LogP contribution in [0.15, 0.2) is 42.6 Å². The van der Waals surface area contributed by atoms with E-state index in [9.17, 15) is 0 Å². The van der Waals surface area contributed by atoms with Gasteiger partial charge in [-0.3, -0.25) is 0 Å². The Morgan fingerprint density at radius 1 is 1.19 bits per heavy atom. The molecule has 0 aliphatic carbocycles. The van der Waals surface area contributed by atoms with Gasteiger partial charge < -0.3 is 10.1 Å². The van der Waals surface area contributed by atoms with Crippen molar-refractivity contribution in [2.45, 2.75) is 26.3 Å². The number of benzene rings is 1. The monoisotopic (exact) mass is 304 g/mol. The molecule has 0 saturated carbocycles. The summed E-state index contributed by atoms with van der Waals surface area (Å²) in [6, 6.07) is 12.3. The third kappa shape index (κ3) is 5.37. The number of rotatable bonds is 8. The summed E-state index contributed by atoms with van der Waals surface area (Å²) in [5.74, 6) is 0.518. The van der Waals surface area contributed by atoms with Crippen molar-refractivity contribution in [1.82, 2.24) is 10.3 Å². The molecule has 1 N–H and O–H groups in total. The summed E-state index contributed by atoms with van der Waals surface area (Å²) < 4.78 is 5.65. The number of aromatic nitrogens is 1. The van der Waals surface area contributed by atoms with Crippen LogP contribution >= 0.6 is 11.6 Å². The van der Waals surface area contributed by atoms with Crippen molar-refractivity contribution in [3.8, 4) is 5.88 Å². The van der Waals surface area contributed by atoms with Crippen molar-refractivity contribution in [1.29, 1.82) is 0 Å². The van der Waals surface area contributed by atoms with Gasteiger partial charge in [0.1, 0.15) is 5.02 Å². The quantitative estimate of drug-likeness (QED) is 0.752. The third-order valence-corrected chi connectivity index (χ3v) is 3.41. The Morgan fingerprint density at radius 2 is 2.00 bits per heavy atom. The van der Waals surface area contributed by atoms with Gasteiger partial charge >= 0.3 is 0 Å². The summed E-state index contributed by atoms with van der Waals surface area (Å²) in [5, 5.41) is 3.82. The Hall–Kier alpha value is -1.58. The molecule has 112 valence electrons. The maximum atomic E-state index is 6.19. The van der Waals surface area contributed by atoms with Crippen molar-refractivity contribution in [2.24, 2.45) is 0 Å². The fourth-order valence-corrected chi connectivity index (χ4v) is 2.27. The summed E-state index contributed by atoms with van der Waals surface area (Å²) in [5.41, 5.74) is 2.39. The van der Waals surface area contributed by atoms with Gasteiger partial charge in [-0.05, 0) is 36.6 Å². The SMILES string of the molecule is CCNCc1cnc(OCCCc2ccccc2)c(Cl)c1. The number of nitrogens with one attached hydrogen (secondary N) is 1. The van der Waals surface area contributed by atoms with Crippen LogP contribution in [0.5, 0.6) is 5.88 Å². The zero-order chi connectivity index (χ0) is 14.9. The lowest BCUT2D eigenvalue weighted by molar-refractivity contribution is 0.299. The standard InChI is InChI=1S/C17H21ClN2O/c1-2-19-12-15-11-16(18)17(20-13-15)21-10-6-9-14-7-4-3-5-8-14/h3-5,7-8,11,13,19H,2,6,9-10,12H2,1H3. The Kier molecular flexibility index (Phi) is 6.51. The number of hydrogen-bond acceptors (Lipinski definition) is 3. The fourth-order valence-electron chi connectivity index (χ4n) is 2.03. The second-order valence-electron chi connectivity index (χ2n) is 4.85. The molecule has 21 heavy (non-hydrogen) atoms. The van der Waals surface area contributed by atoms with Gasteiger partial charge in [0.2, 0.25) is 5.88 Å². The Bertz CT molecular complexity index is 546. The predicted molar refractivity (Wildman–Crippen MR) is 86.9 cm³/mol. The average molecular weight is 305 g/mol. The first-order chi connectivity index (χ1) is 10.3. The highest BCUT2D eigenvalue weighted by Gasteiger charge is 2.05. The molecule has 0 amide bonds. The van der Waals surface area contributed by atoms with E-state index in [1.54, 1.807) is 6.20 Å². The maximum Gasteiger partial charge on any atom is 0.232 e. The summed E-state index contributed by atoms with van der Waals surface area (Å²) in [6.45, 7) is 4.39. The number of halogens is 1. The minimum Gasteiger partial charge on any atom is -0.477 e. The highest BCUT2D eigenvalue weighted by Crippen LogP contribution is 2.22. The molecule has 0 radical (unpaired) electrons. The van der Waals surface area contributed by atoms with Crippen molar-refractivity contribution in [2.75, 3.05) is 13.2 Å². The summed E-state index contributed by atoms with van der Waals surface area (Å²) >= 11 is 6.19. The van der Waals surface area contributed by atoms with Crippen molar-refractivity contribution < 1.29 is 4.74 Å². The predicted octanol–water partition coefficient (Wildman–Crippen LogP) is 3.86. The molecule has 0 unspecified atom stereocenters. The van der Waals surface area contributed by atoms with E-state index in [2.05, 4.69) is 41.5 Å². The molecule has 4 heteroatoms. The molecule has 2 aromatic rings. The molecule has 0 aliphatic rings. The van der Waals surface area contributed by atoms with Crippen LogP contribution in [0.25, 0.3) is 0 Å². The first kappa shape index (κ1) is 15.8. The topological polar surface area (TPSA) is 34.2 Å². The smallest absolute Gasteiger partial charge is 0.232 e. The van der Waals surface area contributed by atoms with E-state index in [0.29, 0.717) is 17.5 Å². The van der Waals surface area contributed by atoms with Crippen LogP contribution in [-0.4, -0.2) is 18.1 Å². The van der Waals surface area contributed by atoms with E-state index in [1.807, 2.05) is 12.1 Å².